The Labute approximate surface area is 215 Å². The first-order valence-electron chi connectivity index (χ1n) is 14.5. The molecule has 34 heavy (non-hydrogen) atoms. The van der Waals surface area contributed by atoms with E-state index in [1.807, 2.05) is 0 Å². The van der Waals surface area contributed by atoms with E-state index in [2.05, 4.69) is 61.5 Å². The summed E-state index contributed by atoms with van der Waals surface area (Å²) in [4.78, 5) is 2.75. The zero-order valence-corrected chi connectivity index (χ0v) is 23.3. The van der Waals surface area contributed by atoms with E-state index in [-0.39, 0.29) is 0 Å². The lowest BCUT2D eigenvalue weighted by atomic mass is 9.66. The molecule has 0 bridgehead atoms. The average molecular weight is 490 g/mol. The number of rotatable bonds is 9. The van der Waals surface area contributed by atoms with E-state index in [1.165, 1.54) is 84.1 Å². The van der Waals surface area contributed by atoms with E-state index in [1.54, 1.807) is 0 Å². The van der Waals surface area contributed by atoms with Crippen molar-refractivity contribution in [3.05, 3.63) is 23.3 Å². The van der Waals surface area contributed by atoms with Crippen molar-refractivity contribution in [3.63, 3.8) is 0 Å². The number of hydrogen-bond donors (Lipinski definition) is 2. The summed E-state index contributed by atoms with van der Waals surface area (Å²) in [7, 11) is 0. The van der Waals surface area contributed by atoms with Gasteiger partial charge in [-0.25, -0.2) is 0 Å². The molecule has 2 aliphatic carbocycles. The van der Waals surface area contributed by atoms with Crippen molar-refractivity contribution in [2.24, 2.45) is 35.0 Å². The maximum Gasteiger partial charge on any atom is 0.0363 e. The van der Waals surface area contributed by atoms with Gasteiger partial charge in [0, 0.05) is 30.2 Å². The molecule has 2 heterocycles. The number of allylic oxidation sites excluding steroid dienone is 4. The van der Waals surface area contributed by atoms with Crippen LogP contribution in [0.5, 0.6) is 0 Å². The van der Waals surface area contributed by atoms with Crippen molar-refractivity contribution in [1.82, 2.24) is 15.5 Å². The van der Waals surface area contributed by atoms with Crippen LogP contribution in [0.3, 0.4) is 0 Å². The minimum Gasteiger partial charge on any atom is -0.313 e. The predicted molar refractivity (Wildman–Crippen MR) is 147 cm³/mol. The Kier molecular flexibility index (Phi) is 9.63. The summed E-state index contributed by atoms with van der Waals surface area (Å²) in [5.74, 6) is 3.94. The number of piperidine rings is 2. The smallest absolute Gasteiger partial charge is 0.0363 e. The van der Waals surface area contributed by atoms with Crippen molar-refractivity contribution in [2.75, 3.05) is 32.7 Å². The number of nitrogens with zero attached hydrogens (tertiary/aromatic N) is 1. The van der Waals surface area contributed by atoms with Gasteiger partial charge in [0.25, 0.3) is 0 Å². The average Bonchev–Trinajstić information content (AvgIpc) is 2.81. The van der Waals surface area contributed by atoms with Crippen molar-refractivity contribution >= 4 is 11.6 Å². The molecular formula is C30H52ClN3. The third-order valence-electron chi connectivity index (χ3n) is 9.66. The van der Waals surface area contributed by atoms with Crippen LogP contribution >= 0.6 is 11.6 Å². The maximum atomic E-state index is 6.18. The zero-order chi connectivity index (χ0) is 24.1. The van der Waals surface area contributed by atoms with Crippen molar-refractivity contribution in [1.29, 1.82) is 0 Å². The molecular weight excluding hydrogens is 438 g/mol. The number of halogens is 1. The Hall–Kier alpha value is -0.350. The van der Waals surface area contributed by atoms with Gasteiger partial charge in [0.2, 0.25) is 0 Å². The van der Waals surface area contributed by atoms with Crippen LogP contribution < -0.4 is 10.6 Å². The molecule has 4 rings (SSSR count). The topological polar surface area (TPSA) is 27.3 Å². The highest BCUT2D eigenvalue weighted by atomic mass is 35.5. The van der Waals surface area contributed by atoms with Gasteiger partial charge in [-0.05, 0) is 106 Å². The molecule has 0 radical (unpaired) electrons. The summed E-state index contributed by atoms with van der Waals surface area (Å²) < 4.78 is 0. The van der Waals surface area contributed by atoms with E-state index < -0.39 is 0 Å². The highest BCUT2D eigenvalue weighted by Crippen LogP contribution is 2.43. The lowest BCUT2D eigenvalue weighted by Gasteiger charge is -2.48. The first kappa shape index (κ1) is 26.7. The molecule has 0 spiro atoms. The van der Waals surface area contributed by atoms with Gasteiger partial charge in [-0.3, -0.25) is 0 Å². The number of fused-ring (bicyclic) bond motifs is 1. The number of nitrogens with one attached hydrogen (secondary N) is 2. The minimum absolute atomic E-state index is 0.345. The van der Waals surface area contributed by atoms with Crippen molar-refractivity contribution < 1.29 is 0 Å². The zero-order valence-electron chi connectivity index (χ0n) is 22.5. The summed E-state index contributed by atoms with van der Waals surface area (Å²) in [6, 6.07) is 1.43. The van der Waals surface area contributed by atoms with E-state index in [9.17, 15) is 0 Å². The minimum atomic E-state index is 0.345. The molecule has 2 saturated heterocycles. The second-order valence-electron chi connectivity index (χ2n) is 13.1. The van der Waals surface area contributed by atoms with E-state index in [0.29, 0.717) is 23.3 Å². The third kappa shape index (κ3) is 7.11. The fourth-order valence-electron chi connectivity index (χ4n) is 7.62. The van der Waals surface area contributed by atoms with E-state index in [0.717, 1.165) is 35.2 Å². The highest BCUT2D eigenvalue weighted by molar-refractivity contribution is 6.31. The van der Waals surface area contributed by atoms with Crippen LogP contribution in [0.1, 0.15) is 85.5 Å². The molecule has 4 heteroatoms. The fourth-order valence-corrected chi connectivity index (χ4v) is 7.78. The van der Waals surface area contributed by atoms with E-state index in [4.69, 9.17) is 11.6 Å². The molecule has 5 unspecified atom stereocenters. The van der Waals surface area contributed by atoms with Gasteiger partial charge in [-0.1, -0.05) is 64.3 Å². The van der Waals surface area contributed by atoms with Gasteiger partial charge in [-0.15, -0.1) is 0 Å². The number of likely N-dealkylation sites (tertiary alicyclic amines) is 1. The molecule has 0 aromatic carbocycles. The molecule has 6 atom stereocenters. The Morgan fingerprint density at radius 2 is 2.03 bits per heavy atom. The standard InChI is InChI=1S/C30H52ClN3/c1-22(2)29(32-16-7-8-23-18-25-9-5-6-10-28(25)33-19-23)20-34-17-15-27(30(3,4)21-34)24-11-13-26(31)14-12-24/h11,13-14,22-25,27-29,32-33H,5-10,12,15-21H2,1-4H3/t23?,24?,25?,27?,28?,29-/m0/s1. The monoisotopic (exact) mass is 489 g/mol. The summed E-state index contributed by atoms with van der Waals surface area (Å²) in [5.41, 5.74) is 0.345. The normalized spacial score (nSPS) is 35.1. The highest BCUT2D eigenvalue weighted by Gasteiger charge is 2.40. The lowest BCUT2D eigenvalue weighted by Crippen LogP contribution is -2.53. The molecule has 3 fully saturated rings. The molecule has 0 amide bonds. The SMILES string of the molecule is CC(C)[C@H](CN1CCC(C2C=CC(Cl)=CC2)C(C)(C)C1)NCCCC1CNC2CCCCC2C1. The second-order valence-corrected chi connectivity index (χ2v) is 13.5. The second kappa shape index (κ2) is 12.3. The maximum absolute atomic E-state index is 6.18. The van der Waals surface area contributed by atoms with Gasteiger partial charge in [0.05, 0.1) is 0 Å². The van der Waals surface area contributed by atoms with Crippen molar-refractivity contribution in [3.8, 4) is 0 Å². The van der Waals surface area contributed by atoms with Crippen LogP contribution in [0, 0.1) is 35.0 Å². The summed E-state index contributed by atoms with van der Waals surface area (Å²) >= 11 is 6.18. The Morgan fingerprint density at radius 3 is 2.76 bits per heavy atom. The van der Waals surface area contributed by atoms with Gasteiger partial charge in [0.1, 0.15) is 0 Å². The van der Waals surface area contributed by atoms with Gasteiger partial charge >= 0.3 is 0 Å². The van der Waals surface area contributed by atoms with Crippen LogP contribution in [0.4, 0.5) is 0 Å². The van der Waals surface area contributed by atoms with Crippen LogP contribution in [0.25, 0.3) is 0 Å². The molecule has 194 valence electrons. The van der Waals surface area contributed by atoms with Crippen LogP contribution in [-0.2, 0) is 0 Å². The van der Waals surface area contributed by atoms with Gasteiger partial charge < -0.3 is 15.5 Å². The van der Waals surface area contributed by atoms with Gasteiger partial charge in [0.15, 0.2) is 0 Å². The Morgan fingerprint density at radius 1 is 1.21 bits per heavy atom. The summed E-state index contributed by atoms with van der Waals surface area (Å²) in [6.45, 7) is 15.8. The Bertz CT molecular complexity index is 699. The molecule has 2 N–H and O–H groups in total. The lowest BCUT2D eigenvalue weighted by molar-refractivity contribution is 0.0252. The summed E-state index contributed by atoms with van der Waals surface area (Å²) in [5, 5.41) is 8.78. The first-order chi connectivity index (χ1) is 16.3. The quantitative estimate of drug-likeness (QED) is 0.357. The first-order valence-corrected chi connectivity index (χ1v) is 14.9. The largest absolute Gasteiger partial charge is 0.313 e. The number of hydrogen-bond acceptors (Lipinski definition) is 3. The molecule has 2 aliphatic heterocycles. The molecule has 0 aromatic heterocycles. The van der Waals surface area contributed by atoms with Crippen LogP contribution in [0.2, 0.25) is 0 Å². The van der Waals surface area contributed by atoms with Crippen LogP contribution in [0.15, 0.2) is 23.3 Å². The molecule has 3 nitrogen and oxygen atoms in total. The predicted octanol–water partition coefficient (Wildman–Crippen LogP) is 6.60. The van der Waals surface area contributed by atoms with Gasteiger partial charge in [-0.2, -0.15) is 0 Å². The Balaban J connectivity index is 1.19. The van der Waals surface area contributed by atoms with Crippen molar-refractivity contribution in [2.45, 2.75) is 97.6 Å². The fraction of sp³-hybridized carbons (Fsp3) is 0.867. The third-order valence-corrected chi connectivity index (χ3v) is 9.95. The molecule has 1 saturated carbocycles. The summed E-state index contributed by atoms with van der Waals surface area (Å²) in [6.07, 6.45) is 19.1. The molecule has 0 aromatic rings. The van der Waals surface area contributed by atoms with Crippen LogP contribution in [-0.4, -0.2) is 49.7 Å². The molecule has 4 aliphatic rings. The van der Waals surface area contributed by atoms with E-state index >= 15 is 0 Å².